The average molecular weight is 539 g/mol. The van der Waals surface area contributed by atoms with Gasteiger partial charge >= 0.3 is 6.03 Å². The van der Waals surface area contributed by atoms with Crippen molar-refractivity contribution in [2.24, 2.45) is 5.73 Å². The third-order valence-electron chi connectivity index (χ3n) is 6.42. The fourth-order valence-electron chi connectivity index (χ4n) is 4.50. The summed E-state index contributed by atoms with van der Waals surface area (Å²) in [5.41, 5.74) is 10.9. The van der Waals surface area contributed by atoms with Gasteiger partial charge in [-0.3, -0.25) is 4.79 Å². The summed E-state index contributed by atoms with van der Waals surface area (Å²) in [6.45, 7) is 5.61. The molecule has 3 aromatic carbocycles. The molecule has 0 aliphatic rings. The number of carbonyl (C=O) groups is 2. The molecular formula is C32H34N4O4. The number of para-hydroxylation sites is 1. The maximum Gasteiger partial charge on any atom is 0.319 e. The lowest BCUT2D eigenvalue weighted by Crippen LogP contribution is -2.28. The number of ether oxygens (including phenoxy) is 1. The highest BCUT2D eigenvalue weighted by molar-refractivity contribution is 5.97. The fraction of sp³-hybridized carbons (Fsp3) is 0.250. The molecule has 0 fully saturated rings. The van der Waals surface area contributed by atoms with Gasteiger partial charge in [0.2, 0.25) is 0 Å². The van der Waals surface area contributed by atoms with Gasteiger partial charge in [0.1, 0.15) is 5.75 Å². The molecule has 0 unspecified atom stereocenters. The Kier molecular flexibility index (Phi) is 9.10. The number of nitrogens with one attached hydrogen (secondary N) is 3. The van der Waals surface area contributed by atoms with Gasteiger partial charge in [-0.2, -0.15) is 0 Å². The van der Waals surface area contributed by atoms with Crippen LogP contribution >= 0.6 is 0 Å². The Bertz CT molecular complexity index is 1560. The van der Waals surface area contributed by atoms with Crippen molar-refractivity contribution < 1.29 is 19.4 Å². The van der Waals surface area contributed by atoms with Crippen LogP contribution in [-0.2, 0) is 6.42 Å². The van der Waals surface area contributed by atoms with Gasteiger partial charge in [-0.1, -0.05) is 47.7 Å². The Morgan fingerprint density at radius 3 is 2.55 bits per heavy atom. The molecule has 206 valence electrons. The van der Waals surface area contributed by atoms with Crippen LogP contribution in [0.2, 0.25) is 0 Å². The van der Waals surface area contributed by atoms with E-state index in [-0.39, 0.29) is 36.8 Å². The monoisotopic (exact) mass is 538 g/mol. The first-order valence-corrected chi connectivity index (χ1v) is 13.2. The average Bonchev–Trinajstić information content (AvgIpc) is 3.34. The third kappa shape index (κ3) is 7.01. The highest BCUT2D eigenvalue weighted by Gasteiger charge is 2.24. The highest BCUT2D eigenvalue weighted by atomic mass is 16.5. The summed E-state index contributed by atoms with van der Waals surface area (Å²) in [5.74, 6) is 5.25. The van der Waals surface area contributed by atoms with Crippen LogP contribution in [0.3, 0.4) is 0 Å². The van der Waals surface area contributed by atoms with Crippen molar-refractivity contribution in [2.45, 2.75) is 39.2 Å². The Labute approximate surface area is 233 Å². The van der Waals surface area contributed by atoms with Crippen molar-refractivity contribution in [1.82, 2.24) is 10.3 Å². The molecule has 3 amide bonds. The predicted molar refractivity (Wildman–Crippen MR) is 158 cm³/mol. The molecule has 40 heavy (non-hydrogen) atoms. The van der Waals surface area contributed by atoms with Crippen LogP contribution in [0.25, 0.3) is 10.9 Å². The minimum absolute atomic E-state index is 0.0853. The third-order valence-corrected chi connectivity index (χ3v) is 6.42. The van der Waals surface area contributed by atoms with E-state index in [1.54, 1.807) is 6.07 Å². The molecule has 4 aromatic rings. The van der Waals surface area contributed by atoms with Crippen LogP contribution in [0.5, 0.6) is 5.75 Å². The molecule has 1 heterocycles. The number of hydrogen-bond acceptors (Lipinski definition) is 4. The number of rotatable bonds is 9. The predicted octanol–water partition coefficient (Wildman–Crippen LogP) is 4.85. The molecular weight excluding hydrogens is 504 g/mol. The molecule has 0 bridgehead atoms. The lowest BCUT2D eigenvalue weighted by molar-refractivity contribution is 0.0993. The number of benzene rings is 3. The quantitative estimate of drug-likeness (QED) is 0.195. The Balaban J connectivity index is 1.60. The van der Waals surface area contributed by atoms with Gasteiger partial charge in [-0.15, -0.1) is 0 Å². The highest BCUT2D eigenvalue weighted by Crippen LogP contribution is 2.35. The van der Waals surface area contributed by atoms with E-state index in [0.29, 0.717) is 29.0 Å². The van der Waals surface area contributed by atoms with E-state index in [4.69, 9.17) is 10.5 Å². The zero-order valence-electron chi connectivity index (χ0n) is 22.9. The van der Waals surface area contributed by atoms with E-state index in [0.717, 1.165) is 22.0 Å². The number of primary amides is 1. The standard InChI is InChI=1S/C32H34N4O4/c1-20(2)40-30-27(24(19-37)17-23-18-35-29-9-5-4-8-26(23)29)15-22(16-28(30)31(33)38)7-6-14-34-32(39)36-25-12-10-21(3)11-13-25/h4-5,8-13,15-16,18,20,24,35,37H,14,17,19H2,1-3H3,(H2,33,38)(H2,34,36,39)/t24-/m0/s1. The van der Waals surface area contributed by atoms with Crippen LogP contribution in [0.4, 0.5) is 10.5 Å². The number of anilines is 1. The summed E-state index contributed by atoms with van der Waals surface area (Å²) in [4.78, 5) is 28.0. The van der Waals surface area contributed by atoms with Gasteiger partial charge < -0.3 is 31.2 Å². The molecule has 0 radical (unpaired) electrons. The molecule has 0 saturated heterocycles. The van der Waals surface area contributed by atoms with Crippen molar-refractivity contribution in [3.8, 4) is 17.6 Å². The molecule has 1 aromatic heterocycles. The van der Waals surface area contributed by atoms with Crippen LogP contribution in [0, 0.1) is 18.8 Å². The van der Waals surface area contributed by atoms with Crippen LogP contribution in [0.15, 0.2) is 66.9 Å². The number of amides is 3. The maximum absolute atomic E-state index is 12.5. The van der Waals surface area contributed by atoms with Gasteiger partial charge in [0.15, 0.2) is 0 Å². The number of carbonyl (C=O) groups excluding carboxylic acids is 2. The molecule has 6 N–H and O–H groups in total. The van der Waals surface area contributed by atoms with Gasteiger partial charge in [-0.25, -0.2) is 4.79 Å². The summed E-state index contributed by atoms with van der Waals surface area (Å²) in [6.07, 6.45) is 2.21. The second kappa shape index (κ2) is 12.9. The lowest BCUT2D eigenvalue weighted by atomic mass is 9.88. The van der Waals surface area contributed by atoms with Crippen molar-refractivity contribution >= 4 is 28.5 Å². The largest absolute Gasteiger partial charge is 0.490 e. The number of urea groups is 1. The molecule has 0 spiro atoms. The second-order valence-electron chi connectivity index (χ2n) is 9.89. The maximum atomic E-state index is 12.5. The summed E-state index contributed by atoms with van der Waals surface area (Å²) >= 11 is 0. The molecule has 8 heteroatoms. The van der Waals surface area contributed by atoms with Crippen molar-refractivity contribution in [2.75, 3.05) is 18.5 Å². The minimum atomic E-state index is -0.653. The summed E-state index contributed by atoms with van der Waals surface area (Å²) in [7, 11) is 0. The van der Waals surface area contributed by atoms with Gasteiger partial charge in [0.05, 0.1) is 24.8 Å². The number of H-pyrrole nitrogens is 1. The molecule has 0 saturated carbocycles. The Hall–Kier alpha value is -4.74. The number of fused-ring (bicyclic) bond motifs is 1. The first kappa shape index (κ1) is 28.3. The summed E-state index contributed by atoms with van der Waals surface area (Å²) < 4.78 is 6.07. The van der Waals surface area contributed by atoms with E-state index >= 15 is 0 Å². The normalized spacial score (nSPS) is 11.5. The number of aryl methyl sites for hydroxylation is 1. The summed E-state index contributed by atoms with van der Waals surface area (Å²) in [6, 6.07) is 18.4. The number of aliphatic hydroxyl groups excluding tert-OH is 1. The number of aromatic amines is 1. The van der Waals surface area contributed by atoms with Gasteiger partial charge in [0.25, 0.3) is 5.91 Å². The smallest absolute Gasteiger partial charge is 0.319 e. The number of hydrogen-bond donors (Lipinski definition) is 5. The van der Waals surface area contributed by atoms with Gasteiger partial charge in [0, 0.05) is 39.8 Å². The molecule has 8 nitrogen and oxygen atoms in total. The second-order valence-corrected chi connectivity index (χ2v) is 9.89. The van der Waals surface area contributed by atoms with E-state index in [2.05, 4.69) is 27.5 Å². The Morgan fingerprint density at radius 1 is 1.10 bits per heavy atom. The molecule has 4 rings (SSSR count). The van der Waals surface area contributed by atoms with Crippen LogP contribution in [0.1, 0.15) is 52.4 Å². The zero-order valence-corrected chi connectivity index (χ0v) is 22.9. The SMILES string of the molecule is Cc1ccc(NC(=O)NCC#Cc2cc(C(N)=O)c(OC(C)C)c([C@H](CO)Cc3c[nH]c4ccccc34)c2)cc1. The molecule has 0 aliphatic heterocycles. The zero-order chi connectivity index (χ0) is 28.6. The van der Waals surface area contributed by atoms with E-state index in [1.807, 2.05) is 81.6 Å². The van der Waals surface area contributed by atoms with Crippen LogP contribution < -0.4 is 21.1 Å². The number of aliphatic hydroxyl groups is 1. The first-order chi connectivity index (χ1) is 19.2. The van der Waals surface area contributed by atoms with Crippen molar-refractivity contribution in [1.29, 1.82) is 0 Å². The van der Waals surface area contributed by atoms with Crippen molar-refractivity contribution in [3.05, 3.63) is 94.7 Å². The summed E-state index contributed by atoms with van der Waals surface area (Å²) in [5, 5.41) is 17.0. The van der Waals surface area contributed by atoms with Crippen molar-refractivity contribution in [3.63, 3.8) is 0 Å². The van der Waals surface area contributed by atoms with E-state index in [9.17, 15) is 14.7 Å². The molecule has 0 aliphatic carbocycles. The fourth-order valence-corrected chi connectivity index (χ4v) is 4.50. The number of nitrogens with two attached hydrogens (primary N) is 1. The van der Waals surface area contributed by atoms with E-state index in [1.165, 1.54) is 0 Å². The lowest BCUT2D eigenvalue weighted by Gasteiger charge is -2.23. The van der Waals surface area contributed by atoms with Crippen LogP contribution in [-0.4, -0.2) is 41.3 Å². The Morgan fingerprint density at radius 2 is 1.85 bits per heavy atom. The first-order valence-electron chi connectivity index (χ1n) is 13.2. The minimum Gasteiger partial charge on any atom is -0.490 e. The van der Waals surface area contributed by atoms with E-state index < -0.39 is 5.91 Å². The topological polar surface area (TPSA) is 129 Å². The molecule has 1 atom stereocenters. The number of aromatic nitrogens is 1. The van der Waals surface area contributed by atoms with Gasteiger partial charge in [-0.05, 0) is 63.1 Å².